The largest absolute Gasteiger partial charge is 0.619 e. The maximum Gasteiger partial charge on any atom is 0.206 e. The van der Waals surface area contributed by atoms with Crippen LogP contribution in [0.15, 0.2) is 42.7 Å². The molecular weight excluding hydrogens is 176 g/mol. The Kier molecular flexibility index (Phi) is 2.14. The normalized spacial score (nSPS) is 10.1. The van der Waals surface area contributed by atoms with Crippen LogP contribution in [0.3, 0.4) is 0 Å². The Morgan fingerprint density at radius 3 is 2.50 bits per heavy atom. The third kappa shape index (κ3) is 1.71. The summed E-state index contributed by atoms with van der Waals surface area (Å²) in [5, 5.41) is 11.2. The highest BCUT2D eigenvalue weighted by atomic mass is 16.5. The fraction of sp³-hybridized carbons (Fsp3) is 0.0909. The molecule has 0 N–H and O–H groups in total. The Hall–Kier alpha value is -1.90. The van der Waals surface area contributed by atoms with Crippen molar-refractivity contribution < 1.29 is 4.73 Å². The molecule has 1 aromatic carbocycles. The number of rotatable bonds is 1. The number of hydrogen-bond donors (Lipinski definition) is 0. The lowest BCUT2D eigenvalue weighted by atomic mass is 10.2. The van der Waals surface area contributed by atoms with Gasteiger partial charge in [-0.15, -0.1) is 0 Å². The average Bonchev–Trinajstić information content (AvgIpc) is 2.18. The van der Waals surface area contributed by atoms with Gasteiger partial charge in [0.15, 0.2) is 0 Å². The summed E-state index contributed by atoms with van der Waals surface area (Å²) < 4.78 is 0.782. The smallest absolute Gasteiger partial charge is 0.206 e. The van der Waals surface area contributed by atoms with Crippen molar-refractivity contribution in [1.29, 1.82) is 0 Å². The van der Waals surface area contributed by atoms with Gasteiger partial charge in [-0.05, 0) is 6.92 Å². The molecule has 0 saturated heterocycles. The third-order valence-electron chi connectivity index (χ3n) is 1.93. The summed E-state index contributed by atoms with van der Waals surface area (Å²) in [4.78, 5) is 4.28. The summed E-state index contributed by atoms with van der Waals surface area (Å²) in [6.07, 6.45) is 2.93. The van der Waals surface area contributed by atoms with Gasteiger partial charge in [0.05, 0.1) is 0 Å². The second-order valence-electron chi connectivity index (χ2n) is 3.12. The van der Waals surface area contributed by atoms with Gasteiger partial charge < -0.3 is 5.21 Å². The number of aryl methyl sites for hydroxylation is 1. The summed E-state index contributed by atoms with van der Waals surface area (Å²) in [5.74, 6) is 0. The van der Waals surface area contributed by atoms with E-state index in [1.165, 1.54) is 12.4 Å². The predicted octanol–water partition coefficient (Wildman–Crippen LogP) is 1.69. The first kappa shape index (κ1) is 8.69. The Labute approximate surface area is 82.3 Å². The van der Waals surface area contributed by atoms with E-state index in [0.29, 0.717) is 5.69 Å². The third-order valence-corrected chi connectivity index (χ3v) is 1.93. The van der Waals surface area contributed by atoms with Crippen molar-refractivity contribution in [3.8, 4) is 11.3 Å². The molecular formula is C11H10N2O. The van der Waals surface area contributed by atoms with Gasteiger partial charge >= 0.3 is 0 Å². The first-order valence-corrected chi connectivity index (χ1v) is 4.38. The molecule has 0 radical (unpaired) electrons. The van der Waals surface area contributed by atoms with Crippen LogP contribution in [0.2, 0.25) is 0 Å². The van der Waals surface area contributed by atoms with Crippen molar-refractivity contribution in [3.05, 3.63) is 53.6 Å². The summed E-state index contributed by atoms with van der Waals surface area (Å²) >= 11 is 0. The minimum absolute atomic E-state index is 0.709. The standard InChI is InChI=1S/C11H10N2O/c1-9-7-13(14)8-11(12-9)10-5-3-2-4-6-10/h2-8H,1H3. The number of aromatic nitrogens is 2. The maximum atomic E-state index is 11.2. The lowest BCUT2D eigenvalue weighted by Crippen LogP contribution is -2.26. The monoisotopic (exact) mass is 186 g/mol. The fourth-order valence-corrected chi connectivity index (χ4v) is 1.34. The van der Waals surface area contributed by atoms with Gasteiger partial charge in [-0.1, -0.05) is 30.3 Å². The minimum Gasteiger partial charge on any atom is -0.619 e. The van der Waals surface area contributed by atoms with Gasteiger partial charge in [0, 0.05) is 5.56 Å². The highest BCUT2D eigenvalue weighted by Crippen LogP contribution is 2.14. The van der Waals surface area contributed by atoms with Gasteiger partial charge in [-0.2, -0.15) is 4.73 Å². The second kappa shape index (κ2) is 3.46. The topological polar surface area (TPSA) is 39.8 Å². The molecule has 0 atom stereocenters. The summed E-state index contributed by atoms with van der Waals surface area (Å²) in [6.45, 7) is 1.81. The van der Waals surface area contributed by atoms with E-state index in [1.807, 2.05) is 30.3 Å². The van der Waals surface area contributed by atoms with Crippen LogP contribution >= 0.6 is 0 Å². The summed E-state index contributed by atoms with van der Waals surface area (Å²) in [5.41, 5.74) is 2.39. The van der Waals surface area contributed by atoms with E-state index < -0.39 is 0 Å². The van der Waals surface area contributed by atoms with Gasteiger partial charge in [-0.25, -0.2) is 4.98 Å². The lowest BCUT2D eigenvalue weighted by molar-refractivity contribution is -0.605. The molecule has 0 spiro atoms. The molecule has 1 aromatic heterocycles. The van der Waals surface area contributed by atoms with Crippen LogP contribution in [0.4, 0.5) is 0 Å². The number of hydrogen-bond acceptors (Lipinski definition) is 2. The summed E-state index contributed by atoms with van der Waals surface area (Å²) in [6, 6.07) is 9.65. The molecule has 0 aliphatic heterocycles. The molecule has 0 amide bonds. The van der Waals surface area contributed by atoms with Crippen LogP contribution in [0.25, 0.3) is 11.3 Å². The molecule has 0 aliphatic rings. The molecule has 2 rings (SSSR count). The van der Waals surface area contributed by atoms with Crippen molar-refractivity contribution in [2.75, 3.05) is 0 Å². The van der Waals surface area contributed by atoms with Gasteiger partial charge in [0.1, 0.15) is 11.4 Å². The van der Waals surface area contributed by atoms with Crippen molar-refractivity contribution in [3.63, 3.8) is 0 Å². The van der Waals surface area contributed by atoms with Crippen LogP contribution in [0.5, 0.6) is 0 Å². The molecule has 0 unspecified atom stereocenters. The highest BCUT2D eigenvalue weighted by molar-refractivity contribution is 5.56. The van der Waals surface area contributed by atoms with E-state index in [2.05, 4.69) is 4.98 Å². The zero-order valence-electron chi connectivity index (χ0n) is 7.84. The van der Waals surface area contributed by atoms with E-state index in [4.69, 9.17) is 0 Å². The average molecular weight is 186 g/mol. The Morgan fingerprint density at radius 2 is 1.86 bits per heavy atom. The first-order chi connectivity index (χ1) is 6.75. The lowest BCUT2D eigenvalue weighted by Gasteiger charge is -2.01. The van der Waals surface area contributed by atoms with Gasteiger partial charge in [0.2, 0.25) is 12.4 Å². The Morgan fingerprint density at radius 1 is 1.14 bits per heavy atom. The maximum absolute atomic E-state index is 11.2. The molecule has 0 aliphatic carbocycles. The Balaban J connectivity index is 2.52. The number of benzene rings is 1. The van der Waals surface area contributed by atoms with Crippen molar-refractivity contribution in [2.24, 2.45) is 0 Å². The van der Waals surface area contributed by atoms with Crippen molar-refractivity contribution in [2.45, 2.75) is 6.92 Å². The minimum atomic E-state index is 0.709. The quantitative estimate of drug-likeness (QED) is 0.502. The van der Waals surface area contributed by atoms with Crippen molar-refractivity contribution in [1.82, 2.24) is 4.98 Å². The molecule has 2 aromatic rings. The summed E-state index contributed by atoms with van der Waals surface area (Å²) in [7, 11) is 0. The fourth-order valence-electron chi connectivity index (χ4n) is 1.34. The van der Waals surface area contributed by atoms with E-state index in [1.54, 1.807) is 6.92 Å². The van der Waals surface area contributed by atoms with Crippen LogP contribution in [-0.4, -0.2) is 4.98 Å². The van der Waals surface area contributed by atoms with E-state index >= 15 is 0 Å². The molecule has 0 bridgehead atoms. The predicted molar refractivity (Wildman–Crippen MR) is 53.4 cm³/mol. The second-order valence-corrected chi connectivity index (χ2v) is 3.12. The van der Waals surface area contributed by atoms with Gasteiger partial charge in [0.25, 0.3) is 0 Å². The number of nitrogens with zero attached hydrogens (tertiary/aromatic N) is 2. The van der Waals surface area contributed by atoms with Crippen molar-refractivity contribution >= 4 is 0 Å². The van der Waals surface area contributed by atoms with Crippen LogP contribution in [0, 0.1) is 12.1 Å². The molecule has 1 heterocycles. The first-order valence-electron chi connectivity index (χ1n) is 4.38. The van der Waals surface area contributed by atoms with Crippen LogP contribution < -0.4 is 4.73 Å². The van der Waals surface area contributed by atoms with Crippen LogP contribution in [-0.2, 0) is 0 Å². The zero-order valence-corrected chi connectivity index (χ0v) is 7.84. The molecule has 70 valence electrons. The van der Waals surface area contributed by atoms with E-state index in [9.17, 15) is 5.21 Å². The zero-order chi connectivity index (χ0) is 9.97. The molecule has 0 saturated carbocycles. The van der Waals surface area contributed by atoms with Crippen LogP contribution in [0.1, 0.15) is 5.69 Å². The van der Waals surface area contributed by atoms with E-state index in [0.717, 1.165) is 16.0 Å². The Bertz CT molecular complexity index is 420. The molecule has 3 heteroatoms. The van der Waals surface area contributed by atoms with E-state index in [-0.39, 0.29) is 0 Å². The molecule has 0 fully saturated rings. The molecule has 3 nitrogen and oxygen atoms in total. The SMILES string of the molecule is Cc1c[n+]([O-])cc(-c2ccccc2)n1. The highest BCUT2D eigenvalue weighted by Gasteiger charge is 2.03. The molecule has 14 heavy (non-hydrogen) atoms. The van der Waals surface area contributed by atoms with Gasteiger partial charge in [-0.3, -0.25) is 0 Å².